The van der Waals surface area contributed by atoms with Crippen LogP contribution in [0, 0.1) is 0 Å². The lowest BCUT2D eigenvalue weighted by Crippen LogP contribution is -2.23. The van der Waals surface area contributed by atoms with E-state index in [9.17, 15) is 18.0 Å². The Labute approximate surface area is 121 Å². The van der Waals surface area contributed by atoms with Crippen molar-refractivity contribution in [2.45, 2.75) is 12.6 Å². The zero-order valence-electron chi connectivity index (χ0n) is 11.2. The van der Waals surface area contributed by atoms with Gasteiger partial charge in [-0.2, -0.15) is 24.9 Å². The first-order valence-electron chi connectivity index (χ1n) is 6.04. The van der Waals surface area contributed by atoms with E-state index in [0.29, 0.717) is 5.75 Å². The zero-order valence-corrected chi connectivity index (χ0v) is 12.1. The van der Waals surface area contributed by atoms with Crippen molar-refractivity contribution in [1.82, 2.24) is 5.32 Å². The van der Waals surface area contributed by atoms with Gasteiger partial charge in [0.15, 0.2) is 0 Å². The molecule has 0 aliphatic carbocycles. The number of thioether (sulfide) groups is 1. The van der Waals surface area contributed by atoms with Crippen LogP contribution in [-0.2, 0) is 11.0 Å². The number of carbonyl (C=O) groups excluding carboxylic acids is 1. The highest BCUT2D eigenvalue weighted by molar-refractivity contribution is 7.99. The minimum Gasteiger partial charge on any atom is -0.355 e. The molecule has 114 valence electrons. The van der Waals surface area contributed by atoms with Crippen LogP contribution < -0.4 is 11.1 Å². The summed E-state index contributed by atoms with van der Waals surface area (Å²) in [7, 11) is 1.50. The van der Waals surface area contributed by atoms with Crippen LogP contribution in [0.15, 0.2) is 30.3 Å². The summed E-state index contributed by atoms with van der Waals surface area (Å²) < 4.78 is 35.4. The average molecular weight is 308 g/mol. The fourth-order valence-electron chi connectivity index (χ4n) is 1.25. The van der Waals surface area contributed by atoms with E-state index in [2.05, 4.69) is 11.1 Å². The number of alkyl halides is 3. The highest BCUT2D eigenvalue weighted by Crippen LogP contribution is 2.28. The van der Waals surface area contributed by atoms with Gasteiger partial charge in [-0.15, -0.1) is 0 Å². The van der Waals surface area contributed by atoms with Crippen molar-refractivity contribution in [3.05, 3.63) is 35.9 Å². The van der Waals surface area contributed by atoms with Crippen molar-refractivity contribution in [1.29, 1.82) is 0 Å². The van der Waals surface area contributed by atoms with E-state index >= 15 is 0 Å². The van der Waals surface area contributed by atoms with Gasteiger partial charge < -0.3 is 11.1 Å². The topological polar surface area (TPSA) is 55.1 Å². The first kappa shape index (κ1) is 18.8. The summed E-state index contributed by atoms with van der Waals surface area (Å²) in [6.07, 6.45) is -3.09. The molecule has 1 aliphatic rings. The lowest BCUT2D eigenvalue weighted by Gasteiger charge is -2.03. The molecule has 2 rings (SSSR count). The highest BCUT2D eigenvalue weighted by Gasteiger charge is 2.29. The largest absolute Gasteiger partial charge is 0.416 e. The van der Waals surface area contributed by atoms with Crippen molar-refractivity contribution >= 4 is 17.7 Å². The van der Waals surface area contributed by atoms with E-state index in [0.717, 1.165) is 30.9 Å². The van der Waals surface area contributed by atoms with E-state index in [1.54, 1.807) is 17.8 Å². The van der Waals surface area contributed by atoms with Gasteiger partial charge in [-0.1, -0.05) is 30.3 Å². The summed E-state index contributed by atoms with van der Waals surface area (Å²) in [5, 5.41) is 2.78. The number of rotatable bonds is 0. The Balaban J connectivity index is 0.000000327. The van der Waals surface area contributed by atoms with Gasteiger partial charge in [0, 0.05) is 6.54 Å². The third-order valence-corrected chi connectivity index (χ3v) is 3.17. The highest BCUT2D eigenvalue weighted by atomic mass is 32.2. The Kier molecular flexibility index (Phi) is 9.92. The molecule has 0 saturated carbocycles. The van der Waals surface area contributed by atoms with Crippen LogP contribution in [0.3, 0.4) is 0 Å². The molecule has 0 aromatic heterocycles. The van der Waals surface area contributed by atoms with Gasteiger partial charge in [-0.05, 0) is 19.2 Å². The summed E-state index contributed by atoms with van der Waals surface area (Å²) in [6.45, 7) is 0.867. The first-order chi connectivity index (χ1) is 9.50. The SMILES string of the molecule is CN.FC(F)(F)c1ccccc1.O=C1CSCCCN1. The molecule has 1 amide bonds. The van der Waals surface area contributed by atoms with Gasteiger partial charge in [0.2, 0.25) is 5.91 Å². The summed E-state index contributed by atoms with van der Waals surface area (Å²) in [6, 6.07) is 6.36. The van der Waals surface area contributed by atoms with Crippen LogP contribution in [-0.4, -0.2) is 31.0 Å². The number of nitrogens with two attached hydrogens (primary N) is 1. The van der Waals surface area contributed by atoms with Gasteiger partial charge in [0.25, 0.3) is 0 Å². The van der Waals surface area contributed by atoms with Gasteiger partial charge in [0.05, 0.1) is 11.3 Å². The minimum atomic E-state index is -4.21. The Morgan fingerprint density at radius 3 is 2.30 bits per heavy atom. The molecule has 1 fully saturated rings. The van der Waals surface area contributed by atoms with Gasteiger partial charge in [-0.25, -0.2) is 0 Å². The predicted molar refractivity (Wildman–Crippen MR) is 76.5 cm³/mol. The molecule has 1 aromatic rings. The maximum atomic E-state index is 11.8. The number of halogens is 3. The smallest absolute Gasteiger partial charge is 0.355 e. The quantitative estimate of drug-likeness (QED) is 0.774. The van der Waals surface area contributed by atoms with Crippen LogP contribution in [0.4, 0.5) is 13.2 Å². The molecule has 3 N–H and O–H groups in total. The number of nitrogens with one attached hydrogen (secondary N) is 1. The van der Waals surface area contributed by atoms with Crippen LogP contribution in [0.25, 0.3) is 0 Å². The van der Waals surface area contributed by atoms with Gasteiger partial charge >= 0.3 is 6.18 Å². The lowest BCUT2D eigenvalue weighted by molar-refractivity contribution is -0.137. The summed E-state index contributed by atoms with van der Waals surface area (Å²) in [4.78, 5) is 10.6. The van der Waals surface area contributed by atoms with Crippen LogP contribution in [0.5, 0.6) is 0 Å². The maximum absolute atomic E-state index is 11.8. The molecule has 1 aromatic carbocycles. The van der Waals surface area contributed by atoms with Crippen molar-refractivity contribution in [2.75, 3.05) is 25.1 Å². The molecule has 0 bridgehead atoms. The molecule has 1 aliphatic heterocycles. The fraction of sp³-hybridized carbons (Fsp3) is 0.462. The molecule has 1 heterocycles. The van der Waals surface area contributed by atoms with Crippen molar-refractivity contribution in [3.63, 3.8) is 0 Å². The number of carbonyl (C=O) groups is 1. The van der Waals surface area contributed by atoms with Gasteiger partial charge in [0.1, 0.15) is 0 Å². The minimum absolute atomic E-state index is 0.188. The third-order valence-electron chi connectivity index (χ3n) is 2.12. The molecule has 20 heavy (non-hydrogen) atoms. The van der Waals surface area contributed by atoms with E-state index in [1.807, 2.05) is 0 Å². The molecule has 0 atom stereocenters. The molecule has 3 nitrogen and oxygen atoms in total. The van der Waals surface area contributed by atoms with Crippen molar-refractivity contribution in [3.8, 4) is 0 Å². The van der Waals surface area contributed by atoms with E-state index < -0.39 is 11.7 Å². The Morgan fingerprint density at radius 1 is 1.20 bits per heavy atom. The Hall–Kier alpha value is -1.21. The molecule has 1 saturated heterocycles. The first-order valence-corrected chi connectivity index (χ1v) is 7.20. The number of amides is 1. The second kappa shape index (κ2) is 10.6. The van der Waals surface area contributed by atoms with Crippen LogP contribution in [0.2, 0.25) is 0 Å². The monoisotopic (exact) mass is 308 g/mol. The molecule has 0 radical (unpaired) electrons. The zero-order chi connectivity index (χ0) is 15.4. The third kappa shape index (κ3) is 8.82. The Morgan fingerprint density at radius 2 is 1.80 bits per heavy atom. The van der Waals surface area contributed by atoms with Crippen molar-refractivity contribution in [2.24, 2.45) is 5.73 Å². The predicted octanol–water partition coefficient (Wildman–Crippen LogP) is 2.52. The molecule has 7 heteroatoms. The van der Waals surface area contributed by atoms with Crippen LogP contribution in [0.1, 0.15) is 12.0 Å². The van der Waals surface area contributed by atoms with Crippen molar-refractivity contribution < 1.29 is 18.0 Å². The van der Waals surface area contributed by atoms with Crippen LogP contribution >= 0.6 is 11.8 Å². The molecule has 0 spiro atoms. The van der Waals surface area contributed by atoms with Gasteiger partial charge in [-0.3, -0.25) is 4.79 Å². The fourth-order valence-corrected chi connectivity index (χ4v) is 2.03. The summed E-state index contributed by atoms with van der Waals surface area (Å²) >= 11 is 1.71. The summed E-state index contributed by atoms with van der Waals surface area (Å²) in [5.41, 5.74) is 3.90. The molecular formula is C13H19F3N2OS. The maximum Gasteiger partial charge on any atom is 0.416 e. The molecule has 0 unspecified atom stereocenters. The van der Waals surface area contributed by atoms with E-state index in [1.165, 1.54) is 19.2 Å². The average Bonchev–Trinajstić information content (AvgIpc) is 2.70. The van der Waals surface area contributed by atoms with E-state index in [-0.39, 0.29) is 5.91 Å². The van der Waals surface area contributed by atoms with E-state index in [4.69, 9.17) is 0 Å². The second-order valence-electron chi connectivity index (χ2n) is 3.62. The molecular weight excluding hydrogens is 289 g/mol. The standard InChI is InChI=1S/C7H5F3.C5H9NOS.CH5N/c8-7(9,10)6-4-2-1-3-5-6;7-5-4-8-3-1-2-6-5;1-2/h1-5H;1-4H2,(H,6,7);2H2,1H3. The number of benzene rings is 1. The normalized spacial score (nSPS) is 14.8. The lowest BCUT2D eigenvalue weighted by atomic mass is 10.2. The Bertz CT molecular complexity index is 362. The second-order valence-corrected chi connectivity index (χ2v) is 4.73. The number of hydrogen-bond donors (Lipinski definition) is 2. The summed E-state index contributed by atoms with van der Waals surface area (Å²) in [5.74, 6) is 1.96. The number of hydrogen-bond acceptors (Lipinski definition) is 3.